The van der Waals surface area contributed by atoms with Crippen LogP contribution in [0.1, 0.15) is 137 Å². The van der Waals surface area contributed by atoms with E-state index in [1.54, 1.807) is 0 Å². The molecule has 3 atom stereocenters. The van der Waals surface area contributed by atoms with Gasteiger partial charge in [-0.15, -0.1) is 0 Å². The molecule has 2 amide bonds. The molecule has 194 valence electrons. The molecule has 0 fully saturated rings. The average molecular weight is 469 g/mol. The van der Waals surface area contributed by atoms with Crippen LogP contribution in [0.3, 0.4) is 0 Å². The zero-order valence-electron chi connectivity index (χ0n) is 22.2. The molecule has 2 N–H and O–H groups in total. The number of rotatable bonds is 21. The number of carbonyl (C=O) groups is 3. The Bertz CT molecular complexity index is 528. The molecule has 0 aromatic carbocycles. The minimum Gasteiger partial charge on any atom is -0.481 e. The highest BCUT2D eigenvalue weighted by molar-refractivity contribution is 5.88. The van der Waals surface area contributed by atoms with Crippen LogP contribution in [0.15, 0.2) is 0 Å². The smallest absolute Gasteiger partial charge is 0.303 e. The van der Waals surface area contributed by atoms with E-state index in [2.05, 4.69) is 12.2 Å². The SMILES string of the molecule is CCCCCCCCCCCCCC(=O)N[C@@H](CCC(=O)O)C(=O)N(C(C)CC)C(C)CC. The standard InChI is InChI=1S/C27H52N2O4/c1-6-9-10-11-12-13-14-15-16-17-18-19-25(30)28-24(20-21-26(31)32)27(33)29(22(4)7-2)23(5)8-3/h22-24H,6-21H2,1-5H3,(H,28,30)(H,31,32)/t22?,23?,24-/m0/s1. The van der Waals surface area contributed by atoms with Gasteiger partial charge in [-0.05, 0) is 39.5 Å². The monoisotopic (exact) mass is 468 g/mol. The number of carboxylic acid groups (broad SMARTS) is 1. The lowest BCUT2D eigenvalue weighted by Crippen LogP contribution is -2.54. The summed E-state index contributed by atoms with van der Waals surface area (Å²) in [5.41, 5.74) is 0. The molecular weight excluding hydrogens is 416 g/mol. The summed E-state index contributed by atoms with van der Waals surface area (Å²) in [5, 5.41) is 12.0. The fraction of sp³-hybridized carbons (Fsp3) is 0.889. The normalized spacial score (nSPS) is 13.8. The molecule has 6 heteroatoms. The molecule has 6 nitrogen and oxygen atoms in total. The van der Waals surface area contributed by atoms with Gasteiger partial charge < -0.3 is 15.3 Å². The Labute approximate surface area is 203 Å². The third kappa shape index (κ3) is 15.0. The highest BCUT2D eigenvalue weighted by atomic mass is 16.4. The fourth-order valence-corrected chi connectivity index (χ4v) is 4.18. The molecule has 0 saturated heterocycles. The molecule has 0 aliphatic carbocycles. The molecule has 0 heterocycles. The van der Waals surface area contributed by atoms with Crippen LogP contribution in [0.4, 0.5) is 0 Å². The first kappa shape index (κ1) is 31.4. The maximum absolute atomic E-state index is 13.3. The molecule has 0 bridgehead atoms. The highest BCUT2D eigenvalue weighted by Gasteiger charge is 2.31. The predicted octanol–water partition coefficient (Wildman–Crippen LogP) is 6.46. The second-order valence-corrected chi connectivity index (χ2v) is 9.60. The number of nitrogens with zero attached hydrogens (tertiary/aromatic N) is 1. The van der Waals surface area contributed by atoms with Crippen LogP contribution in [-0.2, 0) is 14.4 Å². The molecule has 0 rings (SSSR count). The first-order valence-electron chi connectivity index (χ1n) is 13.6. The quantitative estimate of drug-likeness (QED) is 0.189. The van der Waals surface area contributed by atoms with Crippen LogP contribution in [0, 0.1) is 0 Å². The molecule has 0 aliphatic heterocycles. The minimum atomic E-state index is -0.953. The van der Waals surface area contributed by atoms with Gasteiger partial charge in [-0.2, -0.15) is 0 Å². The Morgan fingerprint density at radius 3 is 1.61 bits per heavy atom. The van der Waals surface area contributed by atoms with Crippen LogP contribution in [0.25, 0.3) is 0 Å². The number of amides is 2. The zero-order valence-corrected chi connectivity index (χ0v) is 22.2. The van der Waals surface area contributed by atoms with E-state index < -0.39 is 12.0 Å². The van der Waals surface area contributed by atoms with Gasteiger partial charge in [-0.25, -0.2) is 0 Å². The molecule has 0 aromatic rings. The summed E-state index contributed by atoms with van der Waals surface area (Å²) < 4.78 is 0. The minimum absolute atomic E-state index is 0.0447. The number of carbonyl (C=O) groups excluding carboxylic acids is 2. The summed E-state index contributed by atoms with van der Waals surface area (Å²) in [6, 6.07) is -0.684. The van der Waals surface area contributed by atoms with E-state index in [9.17, 15) is 14.4 Å². The van der Waals surface area contributed by atoms with Crippen molar-refractivity contribution in [3.63, 3.8) is 0 Å². The molecular formula is C27H52N2O4. The van der Waals surface area contributed by atoms with Crippen LogP contribution in [0.2, 0.25) is 0 Å². The molecule has 33 heavy (non-hydrogen) atoms. The Hall–Kier alpha value is -1.59. The summed E-state index contributed by atoms with van der Waals surface area (Å²) >= 11 is 0. The van der Waals surface area contributed by atoms with Crippen molar-refractivity contribution in [3.8, 4) is 0 Å². The summed E-state index contributed by atoms with van der Waals surface area (Å²) in [6.45, 7) is 10.3. The molecule has 0 saturated carbocycles. The van der Waals surface area contributed by atoms with E-state index in [1.807, 2.05) is 32.6 Å². The molecule has 0 aromatic heterocycles. The van der Waals surface area contributed by atoms with E-state index in [0.29, 0.717) is 6.42 Å². The third-order valence-corrected chi connectivity index (χ3v) is 6.67. The van der Waals surface area contributed by atoms with Crippen molar-refractivity contribution in [2.75, 3.05) is 0 Å². The predicted molar refractivity (Wildman–Crippen MR) is 136 cm³/mol. The first-order chi connectivity index (χ1) is 15.8. The van der Waals surface area contributed by atoms with Gasteiger partial charge in [0.15, 0.2) is 0 Å². The lowest BCUT2D eigenvalue weighted by molar-refractivity contribution is -0.142. The number of nitrogens with one attached hydrogen (secondary N) is 1. The van der Waals surface area contributed by atoms with E-state index in [0.717, 1.165) is 32.1 Å². The topological polar surface area (TPSA) is 86.7 Å². The number of hydrogen-bond acceptors (Lipinski definition) is 3. The van der Waals surface area contributed by atoms with Gasteiger partial charge in [0, 0.05) is 24.9 Å². The summed E-state index contributed by atoms with van der Waals surface area (Å²) in [6.07, 6.45) is 15.4. The summed E-state index contributed by atoms with van der Waals surface area (Å²) in [7, 11) is 0. The molecule has 0 aliphatic rings. The van der Waals surface area contributed by atoms with Crippen LogP contribution in [0.5, 0.6) is 0 Å². The van der Waals surface area contributed by atoms with Gasteiger partial charge >= 0.3 is 5.97 Å². The van der Waals surface area contributed by atoms with Crippen molar-refractivity contribution in [3.05, 3.63) is 0 Å². The molecule has 0 radical (unpaired) electrons. The van der Waals surface area contributed by atoms with Crippen LogP contribution in [-0.4, -0.2) is 45.9 Å². The van der Waals surface area contributed by atoms with Gasteiger partial charge in [-0.3, -0.25) is 14.4 Å². The van der Waals surface area contributed by atoms with Crippen molar-refractivity contribution in [1.82, 2.24) is 10.2 Å². The van der Waals surface area contributed by atoms with Crippen LogP contribution < -0.4 is 5.32 Å². The van der Waals surface area contributed by atoms with E-state index in [-0.39, 0.29) is 36.7 Å². The van der Waals surface area contributed by atoms with Crippen LogP contribution >= 0.6 is 0 Å². The lowest BCUT2D eigenvalue weighted by Gasteiger charge is -2.36. The average Bonchev–Trinajstić information content (AvgIpc) is 2.79. The second kappa shape index (κ2) is 19.8. The highest BCUT2D eigenvalue weighted by Crippen LogP contribution is 2.16. The fourth-order valence-electron chi connectivity index (χ4n) is 4.18. The van der Waals surface area contributed by atoms with Gasteiger partial charge in [0.2, 0.25) is 11.8 Å². The van der Waals surface area contributed by atoms with Crippen molar-refractivity contribution < 1.29 is 19.5 Å². The molecule has 0 spiro atoms. The van der Waals surface area contributed by atoms with Crippen molar-refractivity contribution in [2.24, 2.45) is 0 Å². The first-order valence-corrected chi connectivity index (χ1v) is 13.6. The van der Waals surface area contributed by atoms with E-state index in [1.165, 1.54) is 51.4 Å². The van der Waals surface area contributed by atoms with Gasteiger partial charge in [0.05, 0.1) is 0 Å². The van der Waals surface area contributed by atoms with Crippen molar-refractivity contribution in [2.45, 2.75) is 155 Å². The van der Waals surface area contributed by atoms with E-state index in [4.69, 9.17) is 5.11 Å². The maximum atomic E-state index is 13.3. The number of unbranched alkanes of at least 4 members (excludes halogenated alkanes) is 10. The van der Waals surface area contributed by atoms with Gasteiger partial charge in [0.1, 0.15) is 6.04 Å². The van der Waals surface area contributed by atoms with Gasteiger partial charge in [0.25, 0.3) is 0 Å². The van der Waals surface area contributed by atoms with Gasteiger partial charge in [-0.1, -0.05) is 85.0 Å². The summed E-state index contributed by atoms with van der Waals surface area (Å²) in [4.78, 5) is 38.7. The Kier molecular flexibility index (Phi) is 18.9. The Morgan fingerprint density at radius 1 is 0.727 bits per heavy atom. The lowest BCUT2D eigenvalue weighted by atomic mass is 10.0. The number of hydrogen-bond donors (Lipinski definition) is 2. The number of aliphatic carboxylic acids is 1. The second-order valence-electron chi connectivity index (χ2n) is 9.60. The molecule has 2 unspecified atom stereocenters. The van der Waals surface area contributed by atoms with Crippen molar-refractivity contribution >= 4 is 17.8 Å². The number of carboxylic acids is 1. The largest absolute Gasteiger partial charge is 0.481 e. The summed E-state index contributed by atoms with van der Waals surface area (Å²) in [5.74, 6) is -1.26. The van der Waals surface area contributed by atoms with E-state index >= 15 is 0 Å². The third-order valence-electron chi connectivity index (χ3n) is 6.67. The maximum Gasteiger partial charge on any atom is 0.303 e. The zero-order chi connectivity index (χ0) is 25.1. The van der Waals surface area contributed by atoms with Crippen molar-refractivity contribution in [1.29, 1.82) is 0 Å². The Balaban J connectivity index is 4.49. The Morgan fingerprint density at radius 2 is 1.18 bits per heavy atom.